The van der Waals surface area contributed by atoms with Crippen LogP contribution in [0.5, 0.6) is 0 Å². The normalized spacial score (nSPS) is 11.9. The third-order valence-electron chi connectivity index (χ3n) is 2.10. The van der Waals surface area contributed by atoms with Gasteiger partial charge in [0.05, 0.1) is 8.07 Å². The lowest BCUT2D eigenvalue weighted by atomic mass is 10.2. The number of rotatable bonds is 3. The van der Waals surface area contributed by atoms with E-state index in [1.54, 1.807) is 6.29 Å². The Morgan fingerprint density at radius 1 is 1.21 bits per heavy atom. The first-order chi connectivity index (χ1) is 6.55. The van der Waals surface area contributed by atoms with E-state index in [9.17, 15) is 4.79 Å². The molecule has 0 heterocycles. The topological polar surface area (TPSA) is 17.1 Å². The van der Waals surface area contributed by atoms with Crippen molar-refractivity contribution in [3.63, 3.8) is 0 Å². The SMILES string of the molecule is C[Si](C)(C)c1ccccc1/C=C/[C]=O. The van der Waals surface area contributed by atoms with Gasteiger partial charge < -0.3 is 0 Å². The first-order valence-corrected chi connectivity index (χ1v) is 8.19. The van der Waals surface area contributed by atoms with Crippen molar-refractivity contribution in [1.29, 1.82) is 0 Å². The molecule has 0 aliphatic heterocycles. The van der Waals surface area contributed by atoms with E-state index in [-0.39, 0.29) is 0 Å². The minimum absolute atomic E-state index is 1.15. The van der Waals surface area contributed by atoms with Crippen molar-refractivity contribution in [2.75, 3.05) is 0 Å². The zero-order chi connectivity index (χ0) is 10.6. The van der Waals surface area contributed by atoms with Gasteiger partial charge in [-0.05, 0) is 11.6 Å². The molecule has 1 radical (unpaired) electrons. The van der Waals surface area contributed by atoms with Gasteiger partial charge in [-0.15, -0.1) is 0 Å². The molecule has 1 aromatic carbocycles. The van der Waals surface area contributed by atoms with Crippen molar-refractivity contribution >= 4 is 25.6 Å². The van der Waals surface area contributed by atoms with Crippen LogP contribution in [0.1, 0.15) is 5.56 Å². The van der Waals surface area contributed by atoms with Crippen molar-refractivity contribution < 1.29 is 4.79 Å². The second kappa shape index (κ2) is 4.38. The summed E-state index contributed by atoms with van der Waals surface area (Å²) in [4.78, 5) is 10.1. The van der Waals surface area contributed by atoms with Crippen LogP contribution in [0.4, 0.5) is 0 Å². The predicted molar refractivity (Wildman–Crippen MR) is 64.1 cm³/mol. The Morgan fingerprint density at radius 3 is 2.43 bits per heavy atom. The molecule has 14 heavy (non-hydrogen) atoms. The monoisotopic (exact) mass is 203 g/mol. The zero-order valence-corrected chi connectivity index (χ0v) is 9.87. The Morgan fingerprint density at radius 2 is 1.86 bits per heavy atom. The Bertz CT molecular complexity index is 348. The highest BCUT2D eigenvalue weighted by Crippen LogP contribution is 2.08. The van der Waals surface area contributed by atoms with E-state index in [0.717, 1.165) is 5.56 Å². The largest absolute Gasteiger partial charge is 0.286 e. The molecule has 1 rings (SSSR count). The molecule has 0 unspecified atom stereocenters. The molecular formula is C12H15OSi. The summed E-state index contributed by atoms with van der Waals surface area (Å²) in [5.74, 6) is 0. The molecule has 0 bridgehead atoms. The van der Waals surface area contributed by atoms with Crippen molar-refractivity contribution in [1.82, 2.24) is 0 Å². The second-order valence-electron chi connectivity index (χ2n) is 4.29. The van der Waals surface area contributed by atoms with Gasteiger partial charge in [-0.1, -0.05) is 55.2 Å². The van der Waals surface area contributed by atoms with E-state index in [1.165, 1.54) is 11.3 Å². The molecule has 0 atom stereocenters. The molecule has 0 saturated carbocycles. The number of benzene rings is 1. The molecule has 73 valence electrons. The van der Waals surface area contributed by atoms with Crippen molar-refractivity contribution in [3.8, 4) is 0 Å². The van der Waals surface area contributed by atoms with Crippen LogP contribution in [0.25, 0.3) is 6.08 Å². The van der Waals surface area contributed by atoms with Crippen molar-refractivity contribution in [3.05, 3.63) is 35.9 Å². The summed E-state index contributed by atoms with van der Waals surface area (Å²) in [5, 5.41) is 1.38. The first kappa shape index (κ1) is 10.9. The van der Waals surface area contributed by atoms with Gasteiger partial charge in [-0.25, -0.2) is 0 Å². The minimum atomic E-state index is -1.31. The van der Waals surface area contributed by atoms with Gasteiger partial charge in [0.1, 0.15) is 0 Å². The molecule has 0 fully saturated rings. The highest BCUT2D eigenvalue weighted by atomic mass is 28.3. The van der Waals surface area contributed by atoms with E-state index >= 15 is 0 Å². The lowest BCUT2D eigenvalue weighted by Gasteiger charge is -2.19. The van der Waals surface area contributed by atoms with Gasteiger partial charge in [0.25, 0.3) is 0 Å². The van der Waals surface area contributed by atoms with Crippen LogP contribution >= 0.6 is 0 Å². The van der Waals surface area contributed by atoms with Crippen LogP contribution in [0.3, 0.4) is 0 Å². The Balaban J connectivity index is 3.16. The molecule has 0 spiro atoms. The molecule has 1 nitrogen and oxygen atoms in total. The fourth-order valence-corrected chi connectivity index (χ4v) is 3.08. The fraction of sp³-hybridized carbons (Fsp3) is 0.250. The van der Waals surface area contributed by atoms with Crippen LogP contribution in [-0.2, 0) is 4.79 Å². The van der Waals surface area contributed by atoms with Crippen molar-refractivity contribution in [2.24, 2.45) is 0 Å². The van der Waals surface area contributed by atoms with Crippen LogP contribution in [-0.4, -0.2) is 14.4 Å². The molecule has 0 amide bonds. The quantitative estimate of drug-likeness (QED) is 0.544. The molecule has 0 aliphatic rings. The lowest BCUT2D eigenvalue weighted by molar-refractivity contribution is 0.564. The molecule has 1 aromatic rings. The van der Waals surface area contributed by atoms with E-state index < -0.39 is 8.07 Å². The third-order valence-corrected chi connectivity index (χ3v) is 4.17. The summed E-state index contributed by atoms with van der Waals surface area (Å²) < 4.78 is 0. The zero-order valence-electron chi connectivity index (χ0n) is 8.87. The number of hydrogen-bond acceptors (Lipinski definition) is 1. The molecule has 0 saturated heterocycles. The van der Waals surface area contributed by atoms with E-state index in [1.807, 2.05) is 18.2 Å². The Labute approximate surface area is 86.5 Å². The van der Waals surface area contributed by atoms with Crippen LogP contribution < -0.4 is 5.19 Å². The average Bonchev–Trinajstić information content (AvgIpc) is 2.14. The lowest BCUT2D eigenvalue weighted by Crippen LogP contribution is -2.39. The Kier molecular flexibility index (Phi) is 3.41. The van der Waals surface area contributed by atoms with Crippen molar-refractivity contribution in [2.45, 2.75) is 19.6 Å². The summed E-state index contributed by atoms with van der Waals surface area (Å²) >= 11 is 0. The maximum atomic E-state index is 10.1. The number of allylic oxidation sites excluding steroid dienone is 1. The average molecular weight is 203 g/mol. The molecule has 0 aromatic heterocycles. The smallest absolute Gasteiger partial charge is 0.225 e. The summed E-state index contributed by atoms with van der Waals surface area (Å²) in [6.07, 6.45) is 5.04. The summed E-state index contributed by atoms with van der Waals surface area (Å²) in [6.45, 7) is 6.89. The van der Waals surface area contributed by atoms with Crippen LogP contribution in [0.15, 0.2) is 30.3 Å². The summed E-state index contributed by atoms with van der Waals surface area (Å²) in [6, 6.07) is 8.24. The molecule has 2 heteroatoms. The Hall–Kier alpha value is -1.15. The molecule has 0 aliphatic carbocycles. The number of hydrogen-bond donors (Lipinski definition) is 0. The van der Waals surface area contributed by atoms with Crippen LogP contribution in [0.2, 0.25) is 19.6 Å². The summed E-state index contributed by atoms with van der Waals surface area (Å²) in [7, 11) is -1.31. The molecular weight excluding hydrogens is 188 g/mol. The van der Waals surface area contributed by atoms with Gasteiger partial charge in [0.2, 0.25) is 6.29 Å². The second-order valence-corrected chi connectivity index (χ2v) is 9.33. The first-order valence-electron chi connectivity index (χ1n) is 4.69. The number of carbonyl (C=O) groups excluding carboxylic acids is 1. The highest BCUT2D eigenvalue weighted by molar-refractivity contribution is 6.89. The van der Waals surface area contributed by atoms with Gasteiger partial charge in [-0.3, -0.25) is 4.79 Å². The van der Waals surface area contributed by atoms with Crippen LogP contribution in [0, 0.1) is 0 Å². The minimum Gasteiger partial charge on any atom is -0.286 e. The van der Waals surface area contributed by atoms with E-state index in [4.69, 9.17) is 0 Å². The van der Waals surface area contributed by atoms with E-state index in [2.05, 4.69) is 31.8 Å². The maximum absolute atomic E-state index is 10.1. The summed E-state index contributed by atoms with van der Waals surface area (Å²) in [5.41, 5.74) is 1.15. The fourth-order valence-electron chi connectivity index (χ4n) is 1.45. The predicted octanol–water partition coefficient (Wildman–Crippen LogP) is 2.35. The third kappa shape index (κ3) is 2.67. The standard InChI is InChI=1S/C12H15OSi/c1-14(2,3)12-9-5-4-7-11(12)8-6-10-13/h4-9H,1-3H3/b8-6+. The highest BCUT2D eigenvalue weighted by Gasteiger charge is 2.18. The maximum Gasteiger partial charge on any atom is 0.225 e. The van der Waals surface area contributed by atoms with Gasteiger partial charge in [-0.2, -0.15) is 0 Å². The molecule has 0 N–H and O–H groups in total. The van der Waals surface area contributed by atoms with Gasteiger partial charge >= 0.3 is 0 Å². The van der Waals surface area contributed by atoms with E-state index in [0.29, 0.717) is 0 Å². The van der Waals surface area contributed by atoms with Gasteiger partial charge in [0, 0.05) is 0 Å². The van der Waals surface area contributed by atoms with Gasteiger partial charge in [0.15, 0.2) is 0 Å².